The van der Waals surface area contributed by atoms with Crippen LogP contribution in [0.4, 0.5) is 0 Å². The molecule has 3 nitrogen and oxygen atoms in total. The normalized spacial score (nSPS) is 30.2. The number of ether oxygens (including phenoxy) is 2. The van der Waals surface area contributed by atoms with Gasteiger partial charge in [-0.3, -0.25) is 0 Å². The van der Waals surface area contributed by atoms with Gasteiger partial charge in [0.25, 0.3) is 5.79 Å². The lowest BCUT2D eigenvalue weighted by Gasteiger charge is -2.42. The Bertz CT molecular complexity index is 813. The molecule has 0 spiro atoms. The molecule has 27 heavy (non-hydrogen) atoms. The molecule has 0 amide bonds. The summed E-state index contributed by atoms with van der Waals surface area (Å²) in [6, 6.07) is 17.5. The van der Waals surface area contributed by atoms with E-state index < -0.39 is 5.79 Å². The molecule has 3 heteroatoms. The van der Waals surface area contributed by atoms with E-state index in [1.54, 1.807) is 0 Å². The maximum Gasteiger partial charge on any atom is 0.341 e. The van der Waals surface area contributed by atoms with Crippen LogP contribution in [0.1, 0.15) is 61.5 Å². The Labute approximate surface area is 161 Å². The van der Waals surface area contributed by atoms with Crippen molar-refractivity contribution in [1.82, 2.24) is 0 Å². The van der Waals surface area contributed by atoms with Crippen LogP contribution in [0.15, 0.2) is 54.6 Å². The summed E-state index contributed by atoms with van der Waals surface area (Å²) >= 11 is 0. The van der Waals surface area contributed by atoms with Crippen LogP contribution >= 0.6 is 0 Å². The lowest BCUT2D eigenvalue weighted by Crippen LogP contribution is -2.42. The van der Waals surface area contributed by atoms with Crippen LogP contribution in [0.2, 0.25) is 0 Å². The first kappa shape index (κ1) is 18.2. The third-order valence-electron chi connectivity index (χ3n) is 6.17. The molecule has 4 rings (SSSR count). The summed E-state index contributed by atoms with van der Waals surface area (Å²) in [5.74, 6) is 0.157. The summed E-state index contributed by atoms with van der Waals surface area (Å²) in [7, 11) is 0. The summed E-state index contributed by atoms with van der Waals surface area (Å²) in [4.78, 5) is 12.7. The van der Waals surface area contributed by atoms with Gasteiger partial charge in [-0.15, -0.1) is 0 Å². The minimum atomic E-state index is -1.15. The third kappa shape index (κ3) is 3.19. The minimum absolute atomic E-state index is 0.0629. The van der Waals surface area contributed by atoms with E-state index in [0.717, 1.165) is 24.0 Å². The molecule has 142 valence electrons. The quantitative estimate of drug-likeness (QED) is 0.669. The van der Waals surface area contributed by atoms with E-state index in [2.05, 4.69) is 20.8 Å². The number of rotatable bonds is 4. The zero-order chi connectivity index (χ0) is 19.0. The maximum atomic E-state index is 12.7. The molecular weight excluding hydrogens is 336 g/mol. The van der Waals surface area contributed by atoms with Gasteiger partial charge in [-0.1, -0.05) is 75.7 Å². The molecule has 1 aliphatic heterocycles. The van der Waals surface area contributed by atoms with E-state index in [-0.39, 0.29) is 12.1 Å². The first-order chi connectivity index (χ1) is 13.0. The molecule has 4 atom stereocenters. The second-order valence-electron chi connectivity index (χ2n) is 8.40. The van der Waals surface area contributed by atoms with Gasteiger partial charge in [-0.2, -0.15) is 0 Å². The van der Waals surface area contributed by atoms with E-state index >= 15 is 0 Å². The predicted molar refractivity (Wildman–Crippen MR) is 105 cm³/mol. The van der Waals surface area contributed by atoms with Gasteiger partial charge >= 0.3 is 5.97 Å². The molecule has 1 fully saturated rings. The summed E-state index contributed by atoms with van der Waals surface area (Å²) < 4.78 is 12.8. The number of fused-ring (bicyclic) bond motifs is 1. The molecule has 0 radical (unpaired) electrons. The molecule has 2 aromatic carbocycles. The van der Waals surface area contributed by atoms with Gasteiger partial charge in [-0.25, -0.2) is 4.79 Å². The number of hydrogen-bond donors (Lipinski definition) is 0. The number of carbonyl (C=O) groups excluding carboxylic acids is 1. The number of hydrogen-bond acceptors (Lipinski definition) is 3. The fourth-order valence-electron chi connectivity index (χ4n) is 4.68. The van der Waals surface area contributed by atoms with Crippen LogP contribution < -0.4 is 0 Å². The van der Waals surface area contributed by atoms with Gasteiger partial charge in [0.15, 0.2) is 0 Å². The van der Waals surface area contributed by atoms with E-state index in [9.17, 15) is 4.79 Å². The summed E-state index contributed by atoms with van der Waals surface area (Å²) in [5, 5.41) is 0. The SMILES string of the molecule is CC(C)[C@H]1CC[C@@H](C)C[C@H]1O[C@@]1(c2ccccc2)OC(=O)c2ccccc21. The average molecular weight is 364 g/mol. The van der Waals surface area contributed by atoms with Crippen molar-refractivity contribution >= 4 is 5.97 Å². The van der Waals surface area contributed by atoms with Crippen molar-refractivity contribution in [1.29, 1.82) is 0 Å². The van der Waals surface area contributed by atoms with Crippen LogP contribution in [0.5, 0.6) is 0 Å². The second-order valence-corrected chi connectivity index (χ2v) is 8.40. The average Bonchev–Trinajstić information content (AvgIpc) is 2.96. The Balaban J connectivity index is 1.80. The molecule has 0 bridgehead atoms. The monoisotopic (exact) mass is 364 g/mol. The molecule has 0 aromatic heterocycles. The molecule has 1 aliphatic carbocycles. The Morgan fingerprint density at radius 3 is 2.48 bits per heavy atom. The van der Waals surface area contributed by atoms with Gasteiger partial charge < -0.3 is 9.47 Å². The maximum absolute atomic E-state index is 12.7. The largest absolute Gasteiger partial charge is 0.420 e. The second kappa shape index (κ2) is 7.12. The van der Waals surface area contributed by atoms with Crippen LogP contribution in [-0.4, -0.2) is 12.1 Å². The van der Waals surface area contributed by atoms with Gasteiger partial charge in [0.1, 0.15) is 0 Å². The molecule has 0 unspecified atom stereocenters. The number of benzene rings is 2. The van der Waals surface area contributed by atoms with Crippen molar-refractivity contribution in [2.75, 3.05) is 0 Å². The first-order valence-corrected chi connectivity index (χ1v) is 10.1. The van der Waals surface area contributed by atoms with E-state index in [1.807, 2.05) is 54.6 Å². The molecular formula is C24H28O3. The molecule has 0 N–H and O–H groups in total. The lowest BCUT2D eigenvalue weighted by molar-refractivity contribution is -0.226. The smallest absolute Gasteiger partial charge is 0.341 e. The van der Waals surface area contributed by atoms with Crippen molar-refractivity contribution < 1.29 is 14.3 Å². The highest BCUT2D eigenvalue weighted by Crippen LogP contribution is 2.47. The van der Waals surface area contributed by atoms with E-state index in [1.165, 1.54) is 6.42 Å². The van der Waals surface area contributed by atoms with Crippen LogP contribution in [0.3, 0.4) is 0 Å². The topological polar surface area (TPSA) is 35.5 Å². The highest BCUT2D eigenvalue weighted by atomic mass is 16.7. The zero-order valence-corrected chi connectivity index (χ0v) is 16.4. The number of carbonyl (C=O) groups is 1. The molecule has 2 aromatic rings. The van der Waals surface area contributed by atoms with Gasteiger partial charge in [0.05, 0.1) is 11.7 Å². The fraction of sp³-hybridized carbons (Fsp3) is 0.458. The van der Waals surface area contributed by atoms with Crippen molar-refractivity contribution in [3.63, 3.8) is 0 Å². The van der Waals surface area contributed by atoms with E-state index in [4.69, 9.17) is 9.47 Å². The summed E-state index contributed by atoms with van der Waals surface area (Å²) in [6.45, 7) is 6.82. The van der Waals surface area contributed by atoms with Crippen LogP contribution in [-0.2, 0) is 15.3 Å². The van der Waals surface area contributed by atoms with Crippen molar-refractivity contribution in [2.45, 2.75) is 51.9 Å². The summed E-state index contributed by atoms with van der Waals surface area (Å²) in [5.41, 5.74) is 2.30. The number of cyclic esters (lactones) is 1. The molecule has 1 heterocycles. The molecule has 2 aliphatic rings. The Kier molecular flexibility index (Phi) is 4.81. The highest BCUT2D eigenvalue weighted by Gasteiger charge is 2.51. The van der Waals surface area contributed by atoms with Crippen molar-refractivity contribution in [2.24, 2.45) is 17.8 Å². The number of esters is 1. The zero-order valence-electron chi connectivity index (χ0n) is 16.4. The van der Waals surface area contributed by atoms with E-state index in [0.29, 0.717) is 23.3 Å². The van der Waals surface area contributed by atoms with Crippen molar-refractivity contribution in [3.8, 4) is 0 Å². The Hall–Kier alpha value is -2.13. The van der Waals surface area contributed by atoms with Gasteiger partial charge in [0.2, 0.25) is 0 Å². The van der Waals surface area contributed by atoms with Gasteiger partial charge in [-0.05, 0) is 36.7 Å². The third-order valence-corrected chi connectivity index (χ3v) is 6.17. The fourth-order valence-corrected chi connectivity index (χ4v) is 4.68. The Morgan fingerprint density at radius 1 is 1.04 bits per heavy atom. The van der Waals surface area contributed by atoms with Crippen molar-refractivity contribution in [3.05, 3.63) is 71.3 Å². The van der Waals surface area contributed by atoms with Crippen LogP contribution in [0.25, 0.3) is 0 Å². The minimum Gasteiger partial charge on any atom is -0.420 e. The highest BCUT2D eigenvalue weighted by molar-refractivity contribution is 5.95. The predicted octanol–water partition coefficient (Wildman–Crippen LogP) is 5.54. The molecule has 1 saturated carbocycles. The summed E-state index contributed by atoms with van der Waals surface area (Å²) in [6.07, 6.45) is 3.45. The lowest BCUT2D eigenvalue weighted by atomic mass is 9.75. The Morgan fingerprint density at radius 2 is 1.74 bits per heavy atom. The van der Waals surface area contributed by atoms with Gasteiger partial charge in [0, 0.05) is 11.1 Å². The standard InChI is InChI=1S/C24H28O3/c1-16(2)19-14-13-17(3)15-22(19)26-24(18-9-5-4-6-10-18)21-12-8-7-11-20(21)23(25)27-24/h4-12,16-17,19,22H,13-15H2,1-3H3/t17-,19-,22-,24+/m1/s1. The first-order valence-electron chi connectivity index (χ1n) is 10.1. The van der Waals surface area contributed by atoms with Crippen LogP contribution in [0, 0.1) is 17.8 Å². The molecule has 0 saturated heterocycles.